The summed E-state index contributed by atoms with van der Waals surface area (Å²) in [5.74, 6) is 1.25. The fraction of sp³-hybridized carbons (Fsp3) is 0.368. The Morgan fingerprint density at radius 2 is 2.26 bits per heavy atom. The number of likely N-dealkylation sites (N-methyl/N-ethyl adjacent to an activating group) is 1. The lowest BCUT2D eigenvalue weighted by Crippen LogP contribution is -2.28. The van der Waals surface area contributed by atoms with Crippen molar-refractivity contribution < 1.29 is 9.53 Å². The predicted octanol–water partition coefficient (Wildman–Crippen LogP) is 1.71. The van der Waals surface area contributed by atoms with E-state index in [1.54, 1.807) is 10.6 Å². The van der Waals surface area contributed by atoms with Gasteiger partial charge in [-0.15, -0.1) is 5.10 Å². The largest absolute Gasteiger partial charge is 0.490 e. The summed E-state index contributed by atoms with van der Waals surface area (Å²) in [4.78, 5) is 23.7. The van der Waals surface area contributed by atoms with Crippen LogP contribution in [0, 0.1) is 0 Å². The van der Waals surface area contributed by atoms with Gasteiger partial charge in [0.15, 0.2) is 11.6 Å². The minimum absolute atomic E-state index is 0.0578. The number of carbonyl (C=O) groups is 1. The van der Waals surface area contributed by atoms with E-state index >= 15 is 0 Å². The molecule has 2 aliphatic rings. The Morgan fingerprint density at radius 3 is 3.11 bits per heavy atom. The molecule has 8 heteroatoms. The zero-order valence-electron chi connectivity index (χ0n) is 15.5. The summed E-state index contributed by atoms with van der Waals surface area (Å²) in [7, 11) is 4.03. The molecule has 27 heavy (non-hydrogen) atoms. The second-order valence-corrected chi connectivity index (χ2v) is 6.74. The van der Waals surface area contributed by atoms with Gasteiger partial charge in [-0.25, -0.2) is 9.51 Å². The lowest BCUT2D eigenvalue weighted by Gasteiger charge is -2.20. The zero-order valence-corrected chi connectivity index (χ0v) is 15.5. The van der Waals surface area contributed by atoms with Crippen molar-refractivity contribution in [1.82, 2.24) is 14.5 Å². The molecule has 1 aliphatic heterocycles. The molecule has 0 amide bonds. The van der Waals surface area contributed by atoms with Crippen molar-refractivity contribution >= 4 is 34.2 Å². The quantitative estimate of drug-likeness (QED) is 0.871. The maximum Gasteiger partial charge on any atom is 0.187 e. The SMILES string of the molecule is CN(C)CCNc1nn2ccccc2c1N=C1C=C2OCCN=C2CC1=O. The summed E-state index contributed by atoms with van der Waals surface area (Å²) in [6, 6.07) is 5.78. The highest BCUT2D eigenvalue weighted by molar-refractivity contribution is 6.51. The molecule has 3 heterocycles. The topological polar surface area (TPSA) is 83.6 Å². The van der Waals surface area contributed by atoms with Crippen molar-refractivity contribution in [1.29, 1.82) is 0 Å². The van der Waals surface area contributed by atoms with Gasteiger partial charge >= 0.3 is 0 Å². The Bertz CT molecular complexity index is 970. The summed E-state index contributed by atoms with van der Waals surface area (Å²) in [5.41, 5.74) is 2.59. The predicted molar refractivity (Wildman–Crippen MR) is 105 cm³/mol. The van der Waals surface area contributed by atoms with Crippen molar-refractivity contribution in [2.45, 2.75) is 6.42 Å². The third-order valence-corrected chi connectivity index (χ3v) is 4.42. The molecule has 2 aromatic heterocycles. The fourth-order valence-electron chi connectivity index (χ4n) is 3.04. The van der Waals surface area contributed by atoms with E-state index in [1.807, 2.05) is 38.5 Å². The summed E-state index contributed by atoms with van der Waals surface area (Å²) in [6.07, 6.45) is 3.79. The van der Waals surface area contributed by atoms with Crippen molar-refractivity contribution in [3.05, 3.63) is 36.2 Å². The first-order valence-corrected chi connectivity index (χ1v) is 8.98. The molecular weight excluding hydrogens is 344 g/mol. The fourth-order valence-corrected chi connectivity index (χ4v) is 3.04. The van der Waals surface area contributed by atoms with Crippen molar-refractivity contribution in [3.8, 4) is 0 Å². The molecule has 4 rings (SSSR count). The number of ketones is 1. The molecule has 0 atom stereocenters. The first kappa shape index (κ1) is 17.4. The van der Waals surface area contributed by atoms with Gasteiger partial charge in [-0.1, -0.05) is 6.07 Å². The number of allylic oxidation sites excluding steroid dienone is 2. The Labute approximate surface area is 157 Å². The smallest absolute Gasteiger partial charge is 0.187 e. The van der Waals surface area contributed by atoms with E-state index in [1.165, 1.54) is 0 Å². The molecule has 0 spiro atoms. The number of rotatable bonds is 5. The minimum Gasteiger partial charge on any atom is -0.490 e. The number of Topliss-reactive ketones (excluding diaryl/α,β-unsaturated/α-hetero) is 1. The van der Waals surface area contributed by atoms with E-state index in [4.69, 9.17) is 4.74 Å². The summed E-state index contributed by atoms with van der Waals surface area (Å²) in [5, 5.41) is 7.90. The lowest BCUT2D eigenvalue weighted by molar-refractivity contribution is -0.112. The number of aliphatic imine (C=N–C) groups is 2. The highest BCUT2D eigenvalue weighted by Gasteiger charge is 2.26. The minimum atomic E-state index is -0.0578. The van der Waals surface area contributed by atoms with Crippen LogP contribution in [0.3, 0.4) is 0 Å². The number of anilines is 1. The van der Waals surface area contributed by atoms with Gasteiger partial charge in [0.25, 0.3) is 0 Å². The van der Waals surface area contributed by atoms with Crippen LogP contribution < -0.4 is 5.32 Å². The Kier molecular flexibility index (Phi) is 4.72. The standard InChI is InChI=1S/C19H22N6O2/c1-24(2)9-6-21-19-18(15-5-3-4-8-25(15)23-19)22-13-12-17-14(11-16(13)26)20-7-10-27-17/h3-5,8,12H,6-7,9-11H2,1-2H3,(H,21,23). The van der Waals surface area contributed by atoms with Gasteiger partial charge < -0.3 is 15.0 Å². The highest BCUT2D eigenvalue weighted by atomic mass is 16.5. The van der Waals surface area contributed by atoms with E-state index in [9.17, 15) is 4.79 Å². The average molecular weight is 366 g/mol. The third kappa shape index (κ3) is 3.61. The second kappa shape index (κ2) is 7.32. The van der Waals surface area contributed by atoms with Crippen LogP contribution in [0.4, 0.5) is 11.5 Å². The summed E-state index contributed by atoms with van der Waals surface area (Å²) < 4.78 is 7.41. The molecule has 140 valence electrons. The molecule has 0 unspecified atom stereocenters. The number of carbonyl (C=O) groups excluding carboxylic acids is 1. The maximum absolute atomic E-state index is 12.6. The molecule has 0 fully saturated rings. The van der Waals surface area contributed by atoms with Gasteiger partial charge in [0.2, 0.25) is 0 Å². The molecule has 0 bridgehead atoms. The van der Waals surface area contributed by atoms with E-state index in [-0.39, 0.29) is 12.2 Å². The number of hydrogen-bond donors (Lipinski definition) is 1. The number of fused-ring (bicyclic) bond motifs is 2. The van der Waals surface area contributed by atoms with Crippen LogP contribution in [0.15, 0.2) is 46.2 Å². The third-order valence-electron chi connectivity index (χ3n) is 4.42. The van der Waals surface area contributed by atoms with Crippen LogP contribution in [0.1, 0.15) is 6.42 Å². The summed E-state index contributed by atoms with van der Waals surface area (Å²) in [6.45, 7) is 2.72. The van der Waals surface area contributed by atoms with E-state index in [0.29, 0.717) is 36.1 Å². The highest BCUT2D eigenvalue weighted by Crippen LogP contribution is 2.31. The zero-order chi connectivity index (χ0) is 18.8. The Morgan fingerprint density at radius 1 is 1.37 bits per heavy atom. The summed E-state index contributed by atoms with van der Waals surface area (Å²) >= 11 is 0. The van der Waals surface area contributed by atoms with Gasteiger partial charge in [-0.3, -0.25) is 9.79 Å². The Hall–Kier alpha value is -3.00. The first-order chi connectivity index (χ1) is 13.1. The molecule has 1 aliphatic carbocycles. The van der Waals surface area contributed by atoms with Crippen molar-refractivity contribution in [2.75, 3.05) is 45.7 Å². The van der Waals surface area contributed by atoms with Gasteiger partial charge in [0.1, 0.15) is 23.8 Å². The van der Waals surface area contributed by atoms with Crippen LogP contribution in [0.25, 0.3) is 5.52 Å². The Balaban J connectivity index is 1.73. The van der Waals surface area contributed by atoms with Gasteiger partial charge in [0, 0.05) is 25.4 Å². The maximum atomic E-state index is 12.6. The molecule has 0 saturated heterocycles. The molecular formula is C19H22N6O2. The van der Waals surface area contributed by atoms with Crippen LogP contribution in [0.2, 0.25) is 0 Å². The number of aromatic nitrogens is 2. The van der Waals surface area contributed by atoms with Gasteiger partial charge in [-0.05, 0) is 26.2 Å². The van der Waals surface area contributed by atoms with Gasteiger partial charge in [-0.2, -0.15) is 0 Å². The van der Waals surface area contributed by atoms with E-state index in [2.05, 4.69) is 25.3 Å². The van der Waals surface area contributed by atoms with Crippen LogP contribution in [-0.2, 0) is 9.53 Å². The van der Waals surface area contributed by atoms with E-state index < -0.39 is 0 Å². The first-order valence-electron chi connectivity index (χ1n) is 8.98. The number of nitrogens with zero attached hydrogens (tertiary/aromatic N) is 5. The molecule has 0 aromatic carbocycles. The van der Waals surface area contributed by atoms with Crippen LogP contribution in [0.5, 0.6) is 0 Å². The number of ether oxygens (including phenoxy) is 1. The van der Waals surface area contributed by atoms with Crippen LogP contribution >= 0.6 is 0 Å². The lowest BCUT2D eigenvalue weighted by atomic mass is 10.00. The number of nitrogens with one attached hydrogen (secondary N) is 1. The molecule has 0 saturated carbocycles. The number of pyridine rings is 1. The van der Waals surface area contributed by atoms with Crippen molar-refractivity contribution in [2.24, 2.45) is 9.98 Å². The number of hydrogen-bond acceptors (Lipinski definition) is 7. The molecule has 1 N–H and O–H groups in total. The monoisotopic (exact) mass is 366 g/mol. The second-order valence-electron chi connectivity index (χ2n) is 6.74. The van der Waals surface area contributed by atoms with Gasteiger partial charge in [0.05, 0.1) is 24.2 Å². The molecule has 8 nitrogen and oxygen atoms in total. The van der Waals surface area contributed by atoms with Crippen LogP contribution in [-0.4, -0.2) is 72.1 Å². The van der Waals surface area contributed by atoms with Crippen molar-refractivity contribution in [3.63, 3.8) is 0 Å². The van der Waals surface area contributed by atoms with E-state index in [0.717, 1.165) is 24.3 Å². The average Bonchev–Trinajstić information content (AvgIpc) is 2.99. The molecule has 2 aromatic rings. The molecule has 0 radical (unpaired) electrons. The normalized spacial score (nSPS) is 18.3.